The monoisotopic (exact) mass is 505 g/mol. The lowest BCUT2D eigenvalue weighted by Gasteiger charge is -2.24. The minimum absolute atomic E-state index is 0.0764. The van der Waals surface area contributed by atoms with Crippen molar-refractivity contribution >= 4 is 13.5 Å². The number of amides is 1. The molecule has 2 rings (SSSR count). The lowest BCUT2D eigenvalue weighted by molar-refractivity contribution is 0.0750. The van der Waals surface area contributed by atoms with E-state index in [-0.39, 0.29) is 5.91 Å². The van der Waals surface area contributed by atoms with Gasteiger partial charge in [0.2, 0.25) is 0 Å². The van der Waals surface area contributed by atoms with Gasteiger partial charge >= 0.3 is 7.60 Å². The molecule has 2 aromatic carbocycles. The number of benzene rings is 2. The molecule has 0 spiro atoms. The number of aryl methyl sites for hydroxylation is 1. The molecule has 0 bridgehead atoms. The Morgan fingerprint density at radius 2 is 1.46 bits per heavy atom. The van der Waals surface area contributed by atoms with E-state index in [2.05, 4.69) is 12.1 Å². The Kier molecular flexibility index (Phi) is 12.3. The Morgan fingerprint density at radius 1 is 0.886 bits per heavy atom. The van der Waals surface area contributed by atoms with Crippen LogP contribution in [0.15, 0.2) is 42.5 Å². The van der Waals surface area contributed by atoms with Crippen LogP contribution in [0.1, 0.15) is 54.6 Å². The number of carbonyl (C=O) groups is 1. The van der Waals surface area contributed by atoms with Crippen LogP contribution in [0.2, 0.25) is 0 Å². The van der Waals surface area contributed by atoms with Gasteiger partial charge in [-0.3, -0.25) is 9.36 Å². The standard InChI is InChI=1S/C27H40NO6P/c1-6-33-35(30,34-7-2)19-12-11-17-28(18-13-16-23-14-9-8-10-15-23)27(29)24-20-25(31-4)22(3)26(21-24)32-5/h8-10,14-15,20-21H,6-7,11-13,16-19H2,1-5H3. The number of methoxy groups -OCH3 is 2. The highest BCUT2D eigenvalue weighted by molar-refractivity contribution is 7.53. The van der Waals surface area contributed by atoms with Crippen molar-refractivity contribution in [1.29, 1.82) is 0 Å². The van der Waals surface area contributed by atoms with E-state index in [0.717, 1.165) is 18.4 Å². The first-order valence-corrected chi connectivity index (χ1v) is 14.0. The summed E-state index contributed by atoms with van der Waals surface area (Å²) >= 11 is 0. The number of unbranched alkanes of at least 4 members (excludes halogenated alkanes) is 1. The predicted molar refractivity (Wildman–Crippen MR) is 140 cm³/mol. The second-order valence-corrected chi connectivity index (χ2v) is 10.4. The van der Waals surface area contributed by atoms with Gasteiger partial charge in [-0.25, -0.2) is 0 Å². The third kappa shape index (κ3) is 8.99. The van der Waals surface area contributed by atoms with Gasteiger partial charge < -0.3 is 23.4 Å². The Hall–Kier alpha value is -2.34. The highest BCUT2D eigenvalue weighted by Gasteiger charge is 2.24. The molecule has 0 aromatic heterocycles. The van der Waals surface area contributed by atoms with Gasteiger partial charge in [0.1, 0.15) is 11.5 Å². The van der Waals surface area contributed by atoms with Crippen molar-refractivity contribution in [2.75, 3.05) is 46.7 Å². The van der Waals surface area contributed by atoms with E-state index in [1.54, 1.807) is 26.4 Å². The molecule has 7 nitrogen and oxygen atoms in total. The zero-order valence-electron chi connectivity index (χ0n) is 21.7. The fourth-order valence-electron chi connectivity index (χ4n) is 3.99. The molecule has 35 heavy (non-hydrogen) atoms. The molecule has 0 radical (unpaired) electrons. The van der Waals surface area contributed by atoms with Crippen molar-refractivity contribution in [3.63, 3.8) is 0 Å². The molecule has 0 saturated heterocycles. The van der Waals surface area contributed by atoms with E-state index in [4.69, 9.17) is 18.5 Å². The lowest BCUT2D eigenvalue weighted by atomic mass is 10.1. The topological polar surface area (TPSA) is 74.3 Å². The molecular formula is C27H40NO6P. The number of carbonyl (C=O) groups excluding carboxylic acids is 1. The van der Waals surface area contributed by atoms with Gasteiger partial charge in [0.25, 0.3) is 5.91 Å². The van der Waals surface area contributed by atoms with Gasteiger partial charge in [-0.2, -0.15) is 0 Å². The van der Waals surface area contributed by atoms with Crippen molar-refractivity contribution in [3.05, 3.63) is 59.2 Å². The SMILES string of the molecule is CCOP(=O)(CCCCN(CCCc1ccccc1)C(=O)c1cc(OC)c(C)c(OC)c1)OCC. The molecule has 0 fully saturated rings. The number of hydrogen-bond donors (Lipinski definition) is 0. The number of ether oxygens (including phenoxy) is 2. The van der Waals surface area contributed by atoms with Crippen molar-refractivity contribution in [2.24, 2.45) is 0 Å². The van der Waals surface area contributed by atoms with Gasteiger partial charge in [0.15, 0.2) is 0 Å². The summed E-state index contributed by atoms with van der Waals surface area (Å²) in [4.78, 5) is 15.4. The fourth-order valence-corrected chi connectivity index (χ4v) is 5.72. The summed E-state index contributed by atoms with van der Waals surface area (Å²) in [6.45, 7) is 7.37. The van der Waals surface area contributed by atoms with Crippen LogP contribution in [-0.4, -0.2) is 57.5 Å². The molecule has 0 N–H and O–H groups in total. The molecule has 0 unspecified atom stereocenters. The van der Waals surface area contributed by atoms with E-state index < -0.39 is 7.60 Å². The van der Waals surface area contributed by atoms with Crippen LogP contribution < -0.4 is 9.47 Å². The van der Waals surface area contributed by atoms with Gasteiger partial charge in [0, 0.05) is 24.2 Å². The van der Waals surface area contributed by atoms with Crippen LogP contribution in [0.3, 0.4) is 0 Å². The first-order chi connectivity index (χ1) is 16.9. The fraction of sp³-hybridized carbons (Fsp3) is 0.519. The van der Waals surface area contributed by atoms with E-state index in [1.807, 2.05) is 43.9 Å². The molecule has 0 aliphatic carbocycles. The summed E-state index contributed by atoms with van der Waals surface area (Å²) in [5, 5.41) is 0. The molecule has 8 heteroatoms. The van der Waals surface area contributed by atoms with Crippen LogP contribution >= 0.6 is 7.60 Å². The van der Waals surface area contributed by atoms with Crippen molar-refractivity contribution < 1.29 is 27.9 Å². The summed E-state index contributed by atoms with van der Waals surface area (Å²) < 4.78 is 34.5. The average Bonchev–Trinajstić information content (AvgIpc) is 2.86. The van der Waals surface area contributed by atoms with Crippen molar-refractivity contribution in [3.8, 4) is 11.5 Å². The summed E-state index contributed by atoms with van der Waals surface area (Å²) in [5.41, 5.74) is 2.62. The maximum absolute atomic E-state index is 13.5. The van der Waals surface area contributed by atoms with Gasteiger partial charge in [-0.15, -0.1) is 0 Å². The first-order valence-electron chi connectivity index (χ1n) is 12.3. The Balaban J connectivity index is 2.12. The van der Waals surface area contributed by atoms with Gasteiger partial charge in [0.05, 0.1) is 33.6 Å². The Bertz CT molecular complexity index is 930. The minimum atomic E-state index is -3.09. The number of hydrogen-bond acceptors (Lipinski definition) is 6. The first kappa shape index (κ1) is 28.9. The second-order valence-electron chi connectivity index (χ2n) is 8.26. The predicted octanol–water partition coefficient (Wildman–Crippen LogP) is 6.13. The zero-order chi connectivity index (χ0) is 25.7. The molecule has 1 amide bonds. The molecule has 0 saturated carbocycles. The van der Waals surface area contributed by atoms with Crippen LogP contribution in [0, 0.1) is 6.92 Å². The van der Waals surface area contributed by atoms with Crippen LogP contribution in [0.4, 0.5) is 0 Å². The Labute approximate surface area is 210 Å². The smallest absolute Gasteiger partial charge is 0.330 e. The Morgan fingerprint density at radius 3 is 2.00 bits per heavy atom. The number of nitrogens with zero attached hydrogens (tertiary/aromatic N) is 1. The van der Waals surface area contributed by atoms with E-state index in [9.17, 15) is 9.36 Å². The summed E-state index contributed by atoms with van der Waals surface area (Å²) in [7, 11) is 0.0863. The highest BCUT2D eigenvalue weighted by Crippen LogP contribution is 2.48. The normalized spacial score (nSPS) is 11.3. The molecule has 0 aliphatic heterocycles. The molecule has 0 aliphatic rings. The van der Waals surface area contributed by atoms with Crippen LogP contribution in [0.25, 0.3) is 0 Å². The molecule has 0 atom stereocenters. The summed E-state index contributed by atoms with van der Waals surface area (Å²) in [6, 6.07) is 13.8. The minimum Gasteiger partial charge on any atom is -0.496 e. The third-order valence-electron chi connectivity index (χ3n) is 5.78. The maximum atomic E-state index is 13.5. The summed E-state index contributed by atoms with van der Waals surface area (Å²) in [6.07, 6.45) is 3.40. The maximum Gasteiger partial charge on any atom is 0.330 e. The van der Waals surface area contributed by atoms with E-state index in [1.165, 1.54) is 5.56 Å². The highest BCUT2D eigenvalue weighted by atomic mass is 31.2. The van der Waals surface area contributed by atoms with Gasteiger partial charge in [-0.1, -0.05) is 30.3 Å². The van der Waals surface area contributed by atoms with Crippen LogP contribution in [-0.2, 0) is 20.0 Å². The third-order valence-corrected chi connectivity index (χ3v) is 7.95. The second kappa shape index (κ2) is 14.9. The van der Waals surface area contributed by atoms with Crippen molar-refractivity contribution in [2.45, 2.75) is 46.5 Å². The quantitative estimate of drug-likeness (QED) is 0.202. The van der Waals surface area contributed by atoms with E-state index in [0.29, 0.717) is 62.4 Å². The number of rotatable bonds is 16. The molecule has 0 heterocycles. The average molecular weight is 506 g/mol. The molecule has 194 valence electrons. The van der Waals surface area contributed by atoms with E-state index >= 15 is 0 Å². The van der Waals surface area contributed by atoms with Crippen LogP contribution in [0.5, 0.6) is 11.5 Å². The van der Waals surface area contributed by atoms with Gasteiger partial charge in [-0.05, 0) is 64.2 Å². The molecular weight excluding hydrogens is 465 g/mol. The zero-order valence-corrected chi connectivity index (χ0v) is 22.6. The lowest BCUT2D eigenvalue weighted by Crippen LogP contribution is -2.33. The summed E-state index contributed by atoms with van der Waals surface area (Å²) in [5.74, 6) is 1.16. The molecule has 2 aromatic rings. The largest absolute Gasteiger partial charge is 0.496 e. The van der Waals surface area contributed by atoms with Crippen molar-refractivity contribution in [1.82, 2.24) is 4.90 Å².